The molecular formula is C9H16N4O. The molecule has 0 N–H and O–H groups in total. The largest absolute Gasteiger partial charge is 0.380 e. The van der Waals surface area contributed by atoms with Gasteiger partial charge in [0.1, 0.15) is 12.2 Å². The van der Waals surface area contributed by atoms with Crippen LogP contribution in [-0.2, 0) is 18.3 Å². The van der Waals surface area contributed by atoms with Crippen LogP contribution in [-0.4, -0.2) is 46.0 Å². The highest BCUT2D eigenvalue weighted by molar-refractivity contribution is 4.86. The first-order valence-corrected chi connectivity index (χ1v) is 4.88. The molecule has 0 amide bonds. The molecule has 0 spiro atoms. The highest BCUT2D eigenvalue weighted by Crippen LogP contribution is 2.12. The number of aromatic nitrogens is 3. The van der Waals surface area contributed by atoms with Gasteiger partial charge in [0.15, 0.2) is 0 Å². The van der Waals surface area contributed by atoms with Crippen LogP contribution >= 0.6 is 0 Å². The van der Waals surface area contributed by atoms with E-state index >= 15 is 0 Å². The van der Waals surface area contributed by atoms with Gasteiger partial charge in [-0.05, 0) is 13.5 Å². The topological polar surface area (TPSA) is 43.2 Å². The average molecular weight is 196 g/mol. The van der Waals surface area contributed by atoms with Gasteiger partial charge in [-0.1, -0.05) is 0 Å². The monoisotopic (exact) mass is 196 g/mol. The summed E-state index contributed by atoms with van der Waals surface area (Å²) in [6, 6.07) is 0.534. The van der Waals surface area contributed by atoms with Crippen molar-refractivity contribution in [2.45, 2.75) is 19.0 Å². The highest BCUT2D eigenvalue weighted by Gasteiger charge is 2.21. The molecule has 0 aromatic carbocycles. The van der Waals surface area contributed by atoms with Crippen LogP contribution in [0.25, 0.3) is 0 Å². The lowest BCUT2D eigenvalue weighted by atomic mass is 10.2. The number of rotatable bonds is 3. The summed E-state index contributed by atoms with van der Waals surface area (Å²) in [5.74, 6) is 0.999. The van der Waals surface area contributed by atoms with Crippen LogP contribution in [0.1, 0.15) is 12.2 Å². The number of nitrogens with zero attached hydrogens (tertiary/aromatic N) is 4. The number of ether oxygens (including phenoxy) is 1. The lowest BCUT2D eigenvalue weighted by Crippen LogP contribution is -2.32. The summed E-state index contributed by atoms with van der Waals surface area (Å²) in [7, 11) is 4.07. The lowest BCUT2D eigenvalue weighted by molar-refractivity contribution is 0.154. The van der Waals surface area contributed by atoms with Gasteiger partial charge in [-0.15, -0.1) is 10.2 Å². The Bertz CT molecular complexity index is 293. The zero-order valence-electron chi connectivity index (χ0n) is 8.68. The Balaban J connectivity index is 1.93. The first-order valence-electron chi connectivity index (χ1n) is 4.88. The van der Waals surface area contributed by atoms with Gasteiger partial charge >= 0.3 is 0 Å². The van der Waals surface area contributed by atoms with Crippen LogP contribution in [0.3, 0.4) is 0 Å². The molecule has 0 bridgehead atoms. The number of hydrogen-bond donors (Lipinski definition) is 0. The summed E-state index contributed by atoms with van der Waals surface area (Å²) in [6.07, 6.45) is 2.85. The van der Waals surface area contributed by atoms with Crippen LogP contribution in [0, 0.1) is 0 Å². The number of aryl methyl sites for hydroxylation is 1. The molecule has 1 aliphatic rings. The van der Waals surface area contributed by atoms with Crippen molar-refractivity contribution >= 4 is 0 Å². The fourth-order valence-corrected chi connectivity index (χ4v) is 1.67. The minimum Gasteiger partial charge on any atom is -0.380 e. The van der Waals surface area contributed by atoms with Crippen molar-refractivity contribution in [2.75, 3.05) is 20.3 Å². The zero-order chi connectivity index (χ0) is 9.97. The molecule has 1 aliphatic heterocycles. The molecule has 1 atom stereocenters. The molecule has 1 aromatic rings. The summed E-state index contributed by atoms with van der Waals surface area (Å²) in [5, 5.41) is 7.91. The van der Waals surface area contributed by atoms with Gasteiger partial charge in [0, 0.05) is 19.7 Å². The summed E-state index contributed by atoms with van der Waals surface area (Å²) in [6.45, 7) is 2.56. The standard InChI is InChI=1S/C9H16N4O/c1-12(8-3-4-14-6-8)5-9-11-10-7-13(9)2/h7-8H,3-6H2,1-2H3. The van der Waals surface area contributed by atoms with Crippen molar-refractivity contribution in [1.29, 1.82) is 0 Å². The van der Waals surface area contributed by atoms with Crippen molar-refractivity contribution in [3.8, 4) is 0 Å². The second-order valence-electron chi connectivity index (χ2n) is 3.79. The molecule has 2 rings (SSSR count). The normalized spacial score (nSPS) is 22.1. The highest BCUT2D eigenvalue weighted by atomic mass is 16.5. The van der Waals surface area contributed by atoms with E-state index in [4.69, 9.17) is 4.74 Å². The van der Waals surface area contributed by atoms with E-state index < -0.39 is 0 Å². The molecular weight excluding hydrogens is 180 g/mol. The van der Waals surface area contributed by atoms with Crippen LogP contribution in [0.4, 0.5) is 0 Å². The van der Waals surface area contributed by atoms with E-state index in [9.17, 15) is 0 Å². The van der Waals surface area contributed by atoms with Gasteiger partial charge in [-0.3, -0.25) is 4.90 Å². The predicted molar refractivity (Wildman–Crippen MR) is 51.7 cm³/mol. The third-order valence-electron chi connectivity index (χ3n) is 2.72. The molecule has 1 unspecified atom stereocenters. The van der Waals surface area contributed by atoms with E-state index in [0.717, 1.165) is 32.0 Å². The van der Waals surface area contributed by atoms with Gasteiger partial charge in [-0.25, -0.2) is 0 Å². The van der Waals surface area contributed by atoms with E-state index in [-0.39, 0.29) is 0 Å². The second kappa shape index (κ2) is 4.06. The van der Waals surface area contributed by atoms with Crippen molar-refractivity contribution in [3.63, 3.8) is 0 Å². The maximum Gasteiger partial charge on any atom is 0.146 e. The minimum atomic E-state index is 0.534. The molecule has 5 nitrogen and oxygen atoms in total. The average Bonchev–Trinajstić information content (AvgIpc) is 2.77. The predicted octanol–water partition coefficient (Wildman–Crippen LogP) is 0.0358. The molecule has 0 saturated carbocycles. The number of likely N-dealkylation sites (N-methyl/N-ethyl adjacent to an activating group) is 1. The smallest absolute Gasteiger partial charge is 0.146 e. The minimum absolute atomic E-state index is 0.534. The van der Waals surface area contributed by atoms with Crippen LogP contribution < -0.4 is 0 Å². The quantitative estimate of drug-likeness (QED) is 0.684. The molecule has 14 heavy (non-hydrogen) atoms. The van der Waals surface area contributed by atoms with Crippen LogP contribution in [0.15, 0.2) is 6.33 Å². The summed E-state index contributed by atoms with van der Waals surface area (Å²) < 4.78 is 7.29. The van der Waals surface area contributed by atoms with Crippen LogP contribution in [0.5, 0.6) is 0 Å². The molecule has 5 heteroatoms. The van der Waals surface area contributed by atoms with E-state index in [0.29, 0.717) is 6.04 Å². The SMILES string of the molecule is CN(Cc1nncn1C)C1CCOC1. The number of hydrogen-bond acceptors (Lipinski definition) is 4. The van der Waals surface area contributed by atoms with Crippen LogP contribution in [0.2, 0.25) is 0 Å². The summed E-state index contributed by atoms with van der Waals surface area (Å²) in [5.41, 5.74) is 0. The van der Waals surface area contributed by atoms with Gasteiger partial charge < -0.3 is 9.30 Å². The fraction of sp³-hybridized carbons (Fsp3) is 0.778. The Morgan fingerprint density at radius 3 is 3.14 bits per heavy atom. The van der Waals surface area contributed by atoms with Crippen molar-refractivity contribution in [3.05, 3.63) is 12.2 Å². The first-order chi connectivity index (χ1) is 6.77. The maximum atomic E-state index is 5.34. The lowest BCUT2D eigenvalue weighted by Gasteiger charge is -2.21. The summed E-state index contributed by atoms with van der Waals surface area (Å²) in [4.78, 5) is 2.27. The second-order valence-corrected chi connectivity index (χ2v) is 3.79. The molecule has 0 radical (unpaired) electrons. The Hall–Kier alpha value is -0.940. The van der Waals surface area contributed by atoms with Gasteiger partial charge in [0.2, 0.25) is 0 Å². The molecule has 78 valence electrons. The Kier molecular flexibility index (Phi) is 2.79. The molecule has 1 fully saturated rings. The molecule has 2 heterocycles. The van der Waals surface area contributed by atoms with E-state index in [2.05, 4.69) is 22.1 Å². The molecule has 1 saturated heterocycles. The molecule has 0 aliphatic carbocycles. The first kappa shape index (κ1) is 9.61. The van der Waals surface area contributed by atoms with Gasteiger partial charge in [-0.2, -0.15) is 0 Å². The zero-order valence-corrected chi connectivity index (χ0v) is 8.68. The molecule has 1 aromatic heterocycles. The Labute approximate surface area is 83.7 Å². The van der Waals surface area contributed by atoms with Gasteiger partial charge in [0.05, 0.1) is 13.2 Å². The Morgan fingerprint density at radius 2 is 2.57 bits per heavy atom. The van der Waals surface area contributed by atoms with Crippen molar-refractivity contribution in [1.82, 2.24) is 19.7 Å². The fourth-order valence-electron chi connectivity index (χ4n) is 1.67. The van der Waals surface area contributed by atoms with E-state index in [1.807, 2.05) is 11.6 Å². The summed E-state index contributed by atoms with van der Waals surface area (Å²) >= 11 is 0. The third kappa shape index (κ3) is 1.93. The maximum absolute atomic E-state index is 5.34. The van der Waals surface area contributed by atoms with Crippen molar-refractivity contribution < 1.29 is 4.74 Å². The Morgan fingerprint density at radius 1 is 1.71 bits per heavy atom. The van der Waals surface area contributed by atoms with Gasteiger partial charge in [0.25, 0.3) is 0 Å². The third-order valence-corrected chi connectivity index (χ3v) is 2.72. The van der Waals surface area contributed by atoms with E-state index in [1.165, 1.54) is 0 Å². The van der Waals surface area contributed by atoms with Crippen molar-refractivity contribution in [2.24, 2.45) is 7.05 Å². The van der Waals surface area contributed by atoms with E-state index in [1.54, 1.807) is 6.33 Å².